The molecule has 4 heteroatoms. The van der Waals surface area contributed by atoms with Gasteiger partial charge in [-0.1, -0.05) is 103 Å². The van der Waals surface area contributed by atoms with Crippen LogP contribution in [0, 0.1) is 0 Å². The summed E-state index contributed by atoms with van der Waals surface area (Å²) in [5, 5.41) is 0. The summed E-state index contributed by atoms with van der Waals surface area (Å²) in [6.07, 6.45) is 22.2. The molecule has 2 unspecified atom stereocenters. The molecule has 0 amide bonds. The summed E-state index contributed by atoms with van der Waals surface area (Å²) in [6.45, 7) is 3.58. The van der Waals surface area contributed by atoms with E-state index in [0.29, 0.717) is 13.2 Å². The zero-order chi connectivity index (χ0) is 18.7. The number of hydrogen-bond acceptors (Lipinski definition) is 4. The number of rotatable bonds is 19. The lowest BCUT2D eigenvalue weighted by Crippen LogP contribution is -2.23. The third-order valence-electron chi connectivity index (χ3n) is 5.24. The van der Waals surface area contributed by atoms with Crippen LogP contribution in [-0.4, -0.2) is 32.3 Å². The molecule has 1 rings (SSSR count). The Balaban J connectivity index is 1.67. The molecule has 0 aromatic heterocycles. The Bertz CT molecular complexity index is 289. The number of hydrogen-bond donors (Lipinski definition) is 1. The van der Waals surface area contributed by atoms with Crippen molar-refractivity contribution in [3.63, 3.8) is 0 Å². The Morgan fingerprint density at radius 2 is 1.19 bits per heavy atom. The van der Waals surface area contributed by atoms with Crippen molar-refractivity contribution < 1.29 is 14.2 Å². The minimum Gasteiger partial charge on any atom is -0.330 e. The van der Waals surface area contributed by atoms with Gasteiger partial charge in [-0.05, 0) is 6.42 Å². The highest BCUT2D eigenvalue weighted by molar-refractivity contribution is 4.61. The molecular weight excluding hydrogens is 326 g/mol. The molecule has 26 heavy (non-hydrogen) atoms. The largest absolute Gasteiger partial charge is 0.330 e. The normalized spacial score (nSPS) is 20.1. The van der Waals surface area contributed by atoms with E-state index in [0.717, 1.165) is 13.0 Å². The lowest BCUT2D eigenvalue weighted by Gasteiger charge is -2.11. The van der Waals surface area contributed by atoms with Crippen molar-refractivity contribution in [2.24, 2.45) is 5.73 Å². The van der Waals surface area contributed by atoms with E-state index in [2.05, 4.69) is 6.92 Å². The second kappa shape index (κ2) is 18.2. The maximum Gasteiger partial charge on any atom is 0.272 e. The highest BCUT2D eigenvalue weighted by Gasteiger charge is 2.24. The molecule has 1 fully saturated rings. The molecule has 0 aromatic rings. The molecule has 0 spiro atoms. The first-order valence-electron chi connectivity index (χ1n) is 11.5. The van der Waals surface area contributed by atoms with Gasteiger partial charge in [0.2, 0.25) is 0 Å². The summed E-state index contributed by atoms with van der Waals surface area (Å²) in [5.41, 5.74) is 5.53. The van der Waals surface area contributed by atoms with Crippen molar-refractivity contribution in [1.82, 2.24) is 0 Å². The van der Waals surface area contributed by atoms with Crippen molar-refractivity contribution in [2.75, 3.05) is 19.8 Å². The molecule has 4 nitrogen and oxygen atoms in total. The van der Waals surface area contributed by atoms with E-state index >= 15 is 0 Å². The molecule has 1 aliphatic rings. The van der Waals surface area contributed by atoms with E-state index in [1.54, 1.807) is 0 Å². The van der Waals surface area contributed by atoms with E-state index in [4.69, 9.17) is 19.9 Å². The van der Waals surface area contributed by atoms with Gasteiger partial charge in [0.05, 0.1) is 19.3 Å². The molecular formula is C22H45NO3. The maximum absolute atomic E-state index is 5.55. The van der Waals surface area contributed by atoms with Crippen LogP contribution in [0.4, 0.5) is 0 Å². The van der Waals surface area contributed by atoms with Crippen LogP contribution in [-0.2, 0) is 14.2 Å². The molecule has 1 aliphatic heterocycles. The first kappa shape index (κ1) is 23.9. The Morgan fingerprint density at radius 3 is 1.62 bits per heavy atom. The van der Waals surface area contributed by atoms with Crippen LogP contribution < -0.4 is 5.73 Å². The van der Waals surface area contributed by atoms with E-state index in [1.807, 2.05) is 0 Å². The fourth-order valence-electron chi connectivity index (χ4n) is 3.46. The lowest BCUT2D eigenvalue weighted by molar-refractivity contribution is -0.236. The molecule has 2 N–H and O–H groups in total. The molecule has 0 aliphatic carbocycles. The molecule has 0 aromatic carbocycles. The van der Waals surface area contributed by atoms with Gasteiger partial charge < -0.3 is 19.9 Å². The van der Waals surface area contributed by atoms with Crippen molar-refractivity contribution in [2.45, 2.75) is 122 Å². The molecule has 1 saturated heterocycles. The predicted octanol–water partition coefficient (Wildman–Crippen LogP) is 5.92. The highest BCUT2D eigenvalue weighted by Crippen LogP contribution is 2.15. The first-order valence-corrected chi connectivity index (χ1v) is 11.5. The zero-order valence-corrected chi connectivity index (χ0v) is 17.4. The fraction of sp³-hybridized carbons (Fsp3) is 1.00. The maximum atomic E-state index is 5.55. The zero-order valence-electron chi connectivity index (χ0n) is 17.4. The summed E-state index contributed by atoms with van der Waals surface area (Å²) in [7, 11) is 0. The van der Waals surface area contributed by atoms with E-state index in [-0.39, 0.29) is 6.10 Å². The Labute approximate surface area is 162 Å². The molecule has 0 radical (unpaired) electrons. The van der Waals surface area contributed by atoms with Gasteiger partial charge in [0.1, 0.15) is 0 Å². The number of unbranched alkanes of at least 4 members (excludes halogenated alkanes) is 15. The smallest absolute Gasteiger partial charge is 0.272 e. The van der Waals surface area contributed by atoms with Crippen LogP contribution in [0.2, 0.25) is 0 Å². The van der Waals surface area contributed by atoms with Crippen molar-refractivity contribution in [3.8, 4) is 0 Å². The predicted molar refractivity (Wildman–Crippen MR) is 109 cm³/mol. The van der Waals surface area contributed by atoms with E-state index in [1.165, 1.54) is 96.3 Å². The van der Waals surface area contributed by atoms with Crippen LogP contribution in [0.5, 0.6) is 0 Å². The van der Waals surface area contributed by atoms with Crippen LogP contribution in [0.3, 0.4) is 0 Å². The fourth-order valence-corrected chi connectivity index (χ4v) is 3.46. The van der Waals surface area contributed by atoms with Crippen molar-refractivity contribution in [1.29, 1.82) is 0 Å². The molecule has 0 bridgehead atoms. The van der Waals surface area contributed by atoms with Gasteiger partial charge in [0.25, 0.3) is 6.48 Å². The second-order valence-corrected chi connectivity index (χ2v) is 7.79. The Kier molecular flexibility index (Phi) is 16.7. The Hall–Kier alpha value is -0.160. The first-order chi connectivity index (χ1) is 12.9. The Morgan fingerprint density at radius 1 is 0.731 bits per heavy atom. The van der Waals surface area contributed by atoms with Crippen LogP contribution in [0.1, 0.15) is 110 Å². The van der Waals surface area contributed by atoms with E-state index in [9.17, 15) is 0 Å². The SMILES string of the molecule is CCCCCCCCCCCCCCCCCCOC1OCC(CN)O1. The monoisotopic (exact) mass is 371 g/mol. The molecule has 156 valence electrons. The standard InChI is InChI=1S/C22H45NO3/c1-2-3-4-5-6-7-8-9-10-11-12-13-14-15-16-17-18-24-22-25-20-21(19-23)26-22/h21-22H,2-20,23H2,1H3. The average Bonchev–Trinajstić information content (AvgIpc) is 3.12. The summed E-state index contributed by atoms with van der Waals surface area (Å²) in [5.74, 6) is 0. The summed E-state index contributed by atoms with van der Waals surface area (Å²) in [4.78, 5) is 0. The van der Waals surface area contributed by atoms with Crippen molar-refractivity contribution >= 4 is 0 Å². The number of nitrogens with two attached hydrogens (primary N) is 1. The second-order valence-electron chi connectivity index (χ2n) is 7.79. The number of ether oxygens (including phenoxy) is 3. The van der Waals surface area contributed by atoms with Crippen LogP contribution in [0.15, 0.2) is 0 Å². The van der Waals surface area contributed by atoms with E-state index < -0.39 is 6.48 Å². The van der Waals surface area contributed by atoms with Gasteiger partial charge in [-0.25, -0.2) is 0 Å². The van der Waals surface area contributed by atoms with Gasteiger partial charge in [0.15, 0.2) is 0 Å². The molecule has 2 atom stereocenters. The highest BCUT2D eigenvalue weighted by atomic mass is 16.9. The minimum absolute atomic E-state index is 0.00537. The summed E-state index contributed by atoms with van der Waals surface area (Å²) >= 11 is 0. The van der Waals surface area contributed by atoms with Gasteiger partial charge in [-0.15, -0.1) is 0 Å². The molecule has 1 heterocycles. The lowest BCUT2D eigenvalue weighted by atomic mass is 10.0. The summed E-state index contributed by atoms with van der Waals surface area (Å²) in [6, 6.07) is 0. The van der Waals surface area contributed by atoms with Crippen molar-refractivity contribution in [3.05, 3.63) is 0 Å². The summed E-state index contributed by atoms with van der Waals surface area (Å²) < 4.78 is 16.4. The third kappa shape index (κ3) is 14.0. The van der Waals surface area contributed by atoms with Crippen LogP contribution in [0.25, 0.3) is 0 Å². The minimum atomic E-state index is -0.486. The third-order valence-corrected chi connectivity index (χ3v) is 5.24. The topological polar surface area (TPSA) is 53.7 Å². The molecule has 0 saturated carbocycles. The van der Waals surface area contributed by atoms with Gasteiger partial charge in [-0.3, -0.25) is 0 Å². The van der Waals surface area contributed by atoms with Gasteiger partial charge in [0, 0.05) is 6.54 Å². The average molecular weight is 372 g/mol. The van der Waals surface area contributed by atoms with Gasteiger partial charge in [-0.2, -0.15) is 0 Å². The quantitative estimate of drug-likeness (QED) is 0.286. The van der Waals surface area contributed by atoms with Crippen LogP contribution >= 0.6 is 0 Å². The van der Waals surface area contributed by atoms with Gasteiger partial charge >= 0.3 is 0 Å².